The number of hydrogen-bond acceptors (Lipinski definition) is 3. The van der Waals surface area contributed by atoms with Gasteiger partial charge in [0, 0.05) is 11.8 Å². The highest BCUT2D eigenvalue weighted by molar-refractivity contribution is 9.09. The van der Waals surface area contributed by atoms with Crippen LogP contribution in [0.4, 0.5) is 0 Å². The van der Waals surface area contributed by atoms with Crippen LogP contribution in [0.15, 0.2) is 11.6 Å². The van der Waals surface area contributed by atoms with Gasteiger partial charge in [0.2, 0.25) is 0 Å². The average molecular weight is 423 g/mol. The van der Waals surface area contributed by atoms with Crippen molar-refractivity contribution in [3.05, 3.63) is 11.6 Å². The number of allylic oxidation sites excluding steroid dienone is 1. The normalized spacial score (nSPS) is 44.6. The first-order valence-corrected chi connectivity index (χ1v) is 11.6. The Bertz CT molecular complexity index is 627. The Morgan fingerprint density at radius 2 is 2.08 bits per heavy atom. The van der Waals surface area contributed by atoms with Crippen LogP contribution in [0.5, 0.6) is 0 Å². The van der Waals surface area contributed by atoms with Crippen molar-refractivity contribution in [1.82, 2.24) is 0 Å². The molecule has 0 radical (unpaired) electrons. The molecule has 4 aliphatic rings. The van der Waals surface area contributed by atoms with Gasteiger partial charge < -0.3 is 4.74 Å². The molecule has 0 N–H and O–H groups in total. The molecule has 3 nitrogen and oxygen atoms in total. The number of ketones is 1. The Morgan fingerprint density at radius 1 is 1.27 bits per heavy atom. The van der Waals surface area contributed by atoms with Gasteiger partial charge in [-0.25, -0.2) is 0 Å². The summed E-state index contributed by atoms with van der Waals surface area (Å²) in [5.41, 5.74) is 1.57. The Labute approximate surface area is 165 Å². The summed E-state index contributed by atoms with van der Waals surface area (Å²) in [5.74, 6) is 3.51. The maximum atomic E-state index is 12.0. The molecule has 3 saturated carbocycles. The van der Waals surface area contributed by atoms with Crippen molar-refractivity contribution in [2.45, 2.75) is 71.3 Å². The average Bonchev–Trinajstić information content (AvgIpc) is 2.93. The minimum Gasteiger partial charge on any atom is -0.461 e. The van der Waals surface area contributed by atoms with Crippen LogP contribution in [0, 0.1) is 35.0 Å². The zero-order chi connectivity index (χ0) is 18.5. The fourth-order valence-corrected chi connectivity index (χ4v) is 7.23. The molecule has 4 heteroatoms. The number of carbonyl (C=O) groups excluding carboxylic acids is 2. The fourth-order valence-electron chi connectivity index (χ4n) is 7.10. The van der Waals surface area contributed by atoms with Gasteiger partial charge in [-0.2, -0.15) is 0 Å². The van der Waals surface area contributed by atoms with Gasteiger partial charge >= 0.3 is 5.97 Å². The van der Waals surface area contributed by atoms with E-state index in [4.69, 9.17) is 4.74 Å². The number of hydrogen-bond donors (Lipinski definition) is 0. The number of carbonyl (C=O) groups is 2. The van der Waals surface area contributed by atoms with Crippen molar-refractivity contribution >= 4 is 27.7 Å². The first kappa shape index (κ1) is 18.7. The van der Waals surface area contributed by atoms with E-state index in [-0.39, 0.29) is 22.8 Å². The van der Waals surface area contributed by atoms with Gasteiger partial charge in [0.05, 0.1) is 0 Å². The number of halogens is 1. The van der Waals surface area contributed by atoms with Crippen molar-refractivity contribution in [3.63, 3.8) is 0 Å². The van der Waals surface area contributed by atoms with Gasteiger partial charge in [-0.1, -0.05) is 35.4 Å². The highest BCUT2D eigenvalue weighted by Gasteiger charge is 2.60. The summed E-state index contributed by atoms with van der Waals surface area (Å²) in [7, 11) is 0. The first-order valence-electron chi connectivity index (χ1n) is 10.5. The molecular weight excluding hydrogens is 392 g/mol. The van der Waals surface area contributed by atoms with Crippen molar-refractivity contribution in [1.29, 1.82) is 0 Å². The van der Waals surface area contributed by atoms with E-state index in [0.717, 1.165) is 43.9 Å². The van der Waals surface area contributed by atoms with E-state index in [1.807, 2.05) is 6.08 Å². The van der Waals surface area contributed by atoms with E-state index < -0.39 is 0 Å². The molecular formula is C22H31BrO3. The van der Waals surface area contributed by atoms with Crippen LogP contribution in [0.3, 0.4) is 0 Å². The molecule has 26 heavy (non-hydrogen) atoms. The number of fused-ring (bicyclic) bond motifs is 5. The predicted molar refractivity (Wildman–Crippen MR) is 105 cm³/mol. The van der Waals surface area contributed by atoms with Crippen molar-refractivity contribution in [2.24, 2.45) is 35.0 Å². The zero-order valence-corrected chi connectivity index (χ0v) is 17.6. The zero-order valence-electron chi connectivity index (χ0n) is 16.0. The Balaban J connectivity index is 1.59. The van der Waals surface area contributed by atoms with Gasteiger partial charge in [-0.05, 0) is 80.6 Å². The lowest BCUT2D eigenvalue weighted by Crippen LogP contribution is -2.48. The molecule has 144 valence electrons. The second kappa shape index (κ2) is 7.07. The molecule has 0 bridgehead atoms. The standard InChI is InChI=1S/C22H31BrO3/c1-3-13-11-19-18-6-4-14-10-15(24)5-7-16(14)17(18)8-9-22(19,2)21(13)26-20(25)12-23/h10,13,16-19,21H,3-9,11-12H2,1-2H3/t13-,16-,17+,18+,19-,21-,22-/m0/s1. The van der Waals surface area contributed by atoms with Crippen LogP contribution in [0.25, 0.3) is 0 Å². The lowest BCUT2D eigenvalue weighted by Gasteiger charge is -2.53. The topological polar surface area (TPSA) is 43.4 Å². The summed E-state index contributed by atoms with van der Waals surface area (Å²) in [5, 5.41) is 0.289. The SMILES string of the molecule is CC[C@H]1C[C@H]2[C@@H]3CCC4=CC(=O)CC[C@@H]4[C@H]3CC[C@]2(C)[C@H]1OC(=O)CBr. The highest BCUT2D eigenvalue weighted by atomic mass is 79.9. The third-order valence-electron chi connectivity index (χ3n) is 8.26. The molecule has 0 spiro atoms. The van der Waals surface area contributed by atoms with Crippen LogP contribution in [-0.2, 0) is 14.3 Å². The second-order valence-corrected chi connectivity index (χ2v) is 9.86. The smallest absolute Gasteiger partial charge is 0.316 e. The molecule has 0 amide bonds. The Morgan fingerprint density at radius 3 is 2.81 bits per heavy atom. The van der Waals surface area contributed by atoms with Crippen molar-refractivity contribution < 1.29 is 14.3 Å². The predicted octanol–water partition coefficient (Wildman–Crippen LogP) is 5.07. The quantitative estimate of drug-likeness (QED) is 0.470. The first-order chi connectivity index (χ1) is 12.5. The minimum atomic E-state index is -0.114. The van der Waals surface area contributed by atoms with Gasteiger partial charge in [-0.15, -0.1) is 0 Å². The molecule has 0 aliphatic heterocycles. The summed E-state index contributed by atoms with van der Waals surface area (Å²) >= 11 is 3.26. The molecule has 3 fully saturated rings. The number of rotatable bonds is 3. The maximum Gasteiger partial charge on any atom is 0.316 e. The third-order valence-corrected chi connectivity index (χ3v) is 8.72. The van der Waals surface area contributed by atoms with E-state index in [1.165, 1.54) is 24.8 Å². The number of alkyl halides is 1. The molecule has 0 aromatic heterocycles. The highest BCUT2D eigenvalue weighted by Crippen LogP contribution is 2.64. The molecule has 0 heterocycles. The van der Waals surface area contributed by atoms with E-state index in [1.54, 1.807) is 0 Å². The van der Waals surface area contributed by atoms with Crippen LogP contribution < -0.4 is 0 Å². The van der Waals surface area contributed by atoms with E-state index in [2.05, 4.69) is 29.8 Å². The van der Waals surface area contributed by atoms with Crippen molar-refractivity contribution in [3.8, 4) is 0 Å². The largest absolute Gasteiger partial charge is 0.461 e. The summed E-state index contributed by atoms with van der Waals surface area (Å²) in [6.07, 6.45) is 10.9. The van der Waals surface area contributed by atoms with Gasteiger partial charge in [-0.3, -0.25) is 9.59 Å². The van der Waals surface area contributed by atoms with E-state index >= 15 is 0 Å². The molecule has 0 aromatic rings. The van der Waals surface area contributed by atoms with Crippen LogP contribution in [0.2, 0.25) is 0 Å². The summed E-state index contributed by atoms with van der Waals surface area (Å²) in [6, 6.07) is 0. The Hall–Kier alpha value is -0.640. The Kier molecular flexibility index (Phi) is 5.09. The maximum absolute atomic E-state index is 12.0. The third kappa shape index (κ3) is 2.91. The number of ether oxygens (including phenoxy) is 1. The van der Waals surface area contributed by atoms with Gasteiger partial charge in [0.25, 0.3) is 0 Å². The monoisotopic (exact) mass is 422 g/mol. The second-order valence-electron chi connectivity index (χ2n) is 9.30. The molecule has 0 saturated heterocycles. The fraction of sp³-hybridized carbons (Fsp3) is 0.818. The lowest BCUT2D eigenvalue weighted by atomic mass is 9.52. The van der Waals surface area contributed by atoms with Crippen LogP contribution >= 0.6 is 15.9 Å². The lowest BCUT2D eigenvalue weighted by molar-refractivity contribution is -0.158. The molecule has 4 rings (SSSR count). The summed E-state index contributed by atoms with van der Waals surface area (Å²) < 4.78 is 6.00. The molecule has 4 aliphatic carbocycles. The van der Waals surface area contributed by atoms with Gasteiger partial charge in [0.15, 0.2) is 5.78 Å². The molecule has 7 atom stereocenters. The van der Waals surface area contributed by atoms with Gasteiger partial charge in [0.1, 0.15) is 11.4 Å². The van der Waals surface area contributed by atoms with Crippen molar-refractivity contribution in [2.75, 3.05) is 5.33 Å². The summed E-state index contributed by atoms with van der Waals surface area (Å²) in [6.45, 7) is 4.64. The molecule has 0 unspecified atom stereocenters. The van der Waals surface area contributed by atoms with Crippen LogP contribution in [0.1, 0.15) is 65.2 Å². The van der Waals surface area contributed by atoms with Crippen LogP contribution in [-0.4, -0.2) is 23.2 Å². The van der Waals surface area contributed by atoms with E-state index in [0.29, 0.717) is 23.5 Å². The van der Waals surface area contributed by atoms with E-state index in [9.17, 15) is 9.59 Å². The minimum absolute atomic E-state index is 0.0772. The number of esters is 1. The molecule has 0 aromatic carbocycles. The summed E-state index contributed by atoms with van der Waals surface area (Å²) in [4.78, 5) is 23.9.